The molecule has 0 spiro atoms. The van der Waals surface area contributed by atoms with Crippen LogP contribution in [0.25, 0.3) is 0 Å². The van der Waals surface area contributed by atoms with Crippen LogP contribution in [0.15, 0.2) is 36.5 Å². The van der Waals surface area contributed by atoms with Crippen molar-refractivity contribution in [1.29, 1.82) is 5.26 Å². The zero-order chi connectivity index (χ0) is 15.2. The molecule has 2 rings (SSSR count). The molecule has 21 heavy (non-hydrogen) atoms. The molecule has 2 aromatic rings. The van der Waals surface area contributed by atoms with Gasteiger partial charge in [0.2, 0.25) is 5.95 Å². The SMILES string of the molecule is CC(C)NC(=O)c1ccnc(Nc2ccccc2C#N)n1. The summed E-state index contributed by atoms with van der Waals surface area (Å²) in [5, 5.41) is 14.8. The molecule has 6 nitrogen and oxygen atoms in total. The lowest BCUT2D eigenvalue weighted by atomic mass is 10.2. The summed E-state index contributed by atoms with van der Waals surface area (Å²) in [4.78, 5) is 20.1. The van der Waals surface area contributed by atoms with Crippen molar-refractivity contribution in [2.24, 2.45) is 0 Å². The number of benzene rings is 1. The first-order valence-corrected chi connectivity index (χ1v) is 6.50. The molecule has 0 fully saturated rings. The Balaban J connectivity index is 2.22. The van der Waals surface area contributed by atoms with Crippen LogP contribution in [0, 0.1) is 11.3 Å². The Morgan fingerprint density at radius 3 is 2.76 bits per heavy atom. The summed E-state index contributed by atoms with van der Waals surface area (Å²) in [7, 11) is 0. The minimum Gasteiger partial charge on any atom is -0.349 e. The van der Waals surface area contributed by atoms with Gasteiger partial charge < -0.3 is 10.6 Å². The molecule has 0 radical (unpaired) electrons. The van der Waals surface area contributed by atoms with Crippen molar-refractivity contribution in [3.63, 3.8) is 0 Å². The topological polar surface area (TPSA) is 90.7 Å². The Labute approximate surface area is 122 Å². The number of nitrogens with zero attached hydrogens (tertiary/aromatic N) is 3. The van der Waals surface area contributed by atoms with Gasteiger partial charge in [-0.25, -0.2) is 9.97 Å². The molecule has 1 heterocycles. The number of rotatable bonds is 4. The highest BCUT2D eigenvalue weighted by atomic mass is 16.1. The second-order valence-corrected chi connectivity index (χ2v) is 4.68. The number of para-hydroxylation sites is 1. The smallest absolute Gasteiger partial charge is 0.270 e. The van der Waals surface area contributed by atoms with E-state index in [9.17, 15) is 4.79 Å². The van der Waals surface area contributed by atoms with Gasteiger partial charge in [-0.05, 0) is 32.0 Å². The van der Waals surface area contributed by atoms with Crippen LogP contribution in [-0.2, 0) is 0 Å². The van der Waals surface area contributed by atoms with E-state index in [-0.39, 0.29) is 23.6 Å². The number of hydrogen-bond acceptors (Lipinski definition) is 5. The number of anilines is 2. The van der Waals surface area contributed by atoms with Crippen molar-refractivity contribution in [2.45, 2.75) is 19.9 Å². The number of nitrogens with one attached hydrogen (secondary N) is 2. The highest BCUT2D eigenvalue weighted by molar-refractivity contribution is 5.92. The van der Waals surface area contributed by atoms with E-state index >= 15 is 0 Å². The Morgan fingerprint density at radius 2 is 2.05 bits per heavy atom. The van der Waals surface area contributed by atoms with E-state index in [1.54, 1.807) is 30.3 Å². The average Bonchev–Trinajstić information content (AvgIpc) is 2.47. The summed E-state index contributed by atoms with van der Waals surface area (Å²) in [5.41, 5.74) is 1.36. The molecular weight excluding hydrogens is 266 g/mol. The maximum atomic E-state index is 11.9. The molecule has 1 amide bonds. The van der Waals surface area contributed by atoms with Crippen LogP contribution in [0.5, 0.6) is 0 Å². The molecule has 1 aromatic heterocycles. The average molecular weight is 281 g/mol. The molecule has 2 N–H and O–H groups in total. The minimum atomic E-state index is -0.260. The van der Waals surface area contributed by atoms with Gasteiger partial charge in [0.1, 0.15) is 11.8 Å². The second-order valence-electron chi connectivity index (χ2n) is 4.68. The summed E-state index contributed by atoms with van der Waals surface area (Å²) in [6.45, 7) is 3.75. The maximum absolute atomic E-state index is 11.9. The van der Waals surface area contributed by atoms with E-state index < -0.39 is 0 Å². The molecule has 106 valence electrons. The van der Waals surface area contributed by atoms with Crippen molar-refractivity contribution < 1.29 is 4.79 Å². The molecule has 0 atom stereocenters. The van der Waals surface area contributed by atoms with Crippen molar-refractivity contribution in [1.82, 2.24) is 15.3 Å². The molecule has 0 bridgehead atoms. The molecule has 0 aliphatic rings. The number of nitriles is 1. The monoisotopic (exact) mass is 281 g/mol. The molecule has 0 aliphatic carbocycles. The molecule has 0 saturated heterocycles. The van der Waals surface area contributed by atoms with Gasteiger partial charge in [-0.15, -0.1) is 0 Å². The zero-order valence-electron chi connectivity index (χ0n) is 11.8. The molecule has 1 aromatic carbocycles. The lowest BCUT2D eigenvalue weighted by Gasteiger charge is -2.09. The van der Waals surface area contributed by atoms with E-state index in [0.717, 1.165) is 0 Å². The van der Waals surface area contributed by atoms with E-state index in [0.29, 0.717) is 11.3 Å². The lowest BCUT2D eigenvalue weighted by molar-refractivity contribution is 0.0938. The Morgan fingerprint density at radius 1 is 1.29 bits per heavy atom. The molecular formula is C15H15N5O. The summed E-state index contributed by atoms with van der Waals surface area (Å²) >= 11 is 0. The Kier molecular flexibility index (Phi) is 4.46. The number of carbonyl (C=O) groups is 1. The van der Waals surface area contributed by atoms with Crippen molar-refractivity contribution in [3.05, 3.63) is 47.8 Å². The fourth-order valence-corrected chi connectivity index (χ4v) is 1.69. The van der Waals surface area contributed by atoms with Gasteiger partial charge in [-0.3, -0.25) is 4.79 Å². The second kappa shape index (κ2) is 6.48. The van der Waals surface area contributed by atoms with Crippen LogP contribution in [-0.4, -0.2) is 21.9 Å². The largest absolute Gasteiger partial charge is 0.349 e. The van der Waals surface area contributed by atoms with Crippen molar-refractivity contribution >= 4 is 17.5 Å². The first kappa shape index (κ1) is 14.5. The van der Waals surface area contributed by atoms with E-state index in [2.05, 4.69) is 26.7 Å². The predicted molar refractivity (Wildman–Crippen MR) is 79.1 cm³/mol. The van der Waals surface area contributed by atoms with Gasteiger partial charge in [-0.2, -0.15) is 5.26 Å². The fourth-order valence-electron chi connectivity index (χ4n) is 1.69. The third kappa shape index (κ3) is 3.76. The summed E-state index contributed by atoms with van der Waals surface area (Å²) in [6, 6.07) is 10.7. The third-order valence-corrected chi connectivity index (χ3v) is 2.60. The predicted octanol–water partition coefficient (Wildman–Crippen LogP) is 2.23. The number of amides is 1. The standard InChI is InChI=1S/C15H15N5O/c1-10(2)18-14(21)13-7-8-17-15(20-13)19-12-6-4-3-5-11(12)9-16/h3-8,10H,1-2H3,(H,18,21)(H,17,19,20). The van der Waals surface area contributed by atoms with Crippen LogP contribution in [0.3, 0.4) is 0 Å². The van der Waals surface area contributed by atoms with Gasteiger partial charge in [0, 0.05) is 12.2 Å². The van der Waals surface area contributed by atoms with Gasteiger partial charge >= 0.3 is 0 Å². The first-order chi connectivity index (χ1) is 10.1. The van der Waals surface area contributed by atoms with Crippen molar-refractivity contribution in [3.8, 4) is 6.07 Å². The van der Waals surface area contributed by atoms with Crippen LogP contribution >= 0.6 is 0 Å². The number of aromatic nitrogens is 2. The lowest BCUT2D eigenvalue weighted by Crippen LogP contribution is -2.30. The van der Waals surface area contributed by atoms with Crippen LogP contribution in [0.1, 0.15) is 29.9 Å². The third-order valence-electron chi connectivity index (χ3n) is 2.60. The normalized spacial score (nSPS) is 10.0. The molecule has 6 heteroatoms. The van der Waals surface area contributed by atoms with Crippen LogP contribution < -0.4 is 10.6 Å². The Hall–Kier alpha value is -2.94. The number of hydrogen-bond donors (Lipinski definition) is 2. The van der Waals surface area contributed by atoms with E-state index in [4.69, 9.17) is 5.26 Å². The van der Waals surface area contributed by atoms with E-state index in [1.165, 1.54) is 6.20 Å². The van der Waals surface area contributed by atoms with Gasteiger partial charge in [0.05, 0.1) is 11.3 Å². The van der Waals surface area contributed by atoms with E-state index in [1.807, 2.05) is 13.8 Å². The quantitative estimate of drug-likeness (QED) is 0.896. The molecule has 0 unspecified atom stereocenters. The van der Waals surface area contributed by atoms with Gasteiger partial charge in [0.15, 0.2) is 0 Å². The highest BCUT2D eigenvalue weighted by Crippen LogP contribution is 2.17. The number of carbonyl (C=O) groups excluding carboxylic acids is 1. The fraction of sp³-hybridized carbons (Fsp3) is 0.200. The summed E-state index contributed by atoms with van der Waals surface area (Å²) in [6.07, 6.45) is 1.50. The van der Waals surface area contributed by atoms with Crippen molar-refractivity contribution in [2.75, 3.05) is 5.32 Å². The zero-order valence-corrected chi connectivity index (χ0v) is 11.8. The molecule has 0 aliphatic heterocycles. The molecule has 0 saturated carbocycles. The minimum absolute atomic E-state index is 0.0307. The Bertz CT molecular complexity index is 690. The first-order valence-electron chi connectivity index (χ1n) is 6.50. The van der Waals surface area contributed by atoms with Gasteiger partial charge in [0.25, 0.3) is 5.91 Å². The van der Waals surface area contributed by atoms with Gasteiger partial charge in [-0.1, -0.05) is 12.1 Å². The summed E-state index contributed by atoms with van der Waals surface area (Å²) in [5.74, 6) is 0.0122. The van der Waals surface area contributed by atoms with Crippen LogP contribution in [0.2, 0.25) is 0 Å². The maximum Gasteiger partial charge on any atom is 0.270 e. The highest BCUT2D eigenvalue weighted by Gasteiger charge is 2.10. The summed E-state index contributed by atoms with van der Waals surface area (Å²) < 4.78 is 0. The van der Waals surface area contributed by atoms with Crippen LogP contribution in [0.4, 0.5) is 11.6 Å².